The summed E-state index contributed by atoms with van der Waals surface area (Å²) >= 11 is 0. The van der Waals surface area contributed by atoms with Crippen molar-refractivity contribution in [2.24, 2.45) is 5.92 Å². The lowest BCUT2D eigenvalue weighted by molar-refractivity contribution is -0.113. The normalized spacial score (nSPS) is 24.1. The maximum atomic E-state index is 12.1. The van der Waals surface area contributed by atoms with E-state index >= 15 is 0 Å². The summed E-state index contributed by atoms with van der Waals surface area (Å²) in [6.45, 7) is 11.5. The number of aldehydes is 1. The van der Waals surface area contributed by atoms with Gasteiger partial charge >= 0.3 is 6.09 Å². The fourth-order valence-corrected chi connectivity index (χ4v) is 3.39. The van der Waals surface area contributed by atoms with Gasteiger partial charge in [0, 0.05) is 24.5 Å². The molecule has 22 heavy (non-hydrogen) atoms. The second-order valence-electron chi connectivity index (χ2n) is 7.92. The van der Waals surface area contributed by atoms with Crippen LogP contribution in [0.5, 0.6) is 0 Å². The number of nitrogens with zero attached hydrogens (tertiary/aromatic N) is 2. The summed E-state index contributed by atoms with van der Waals surface area (Å²) in [5, 5.41) is 0. The zero-order valence-electron chi connectivity index (χ0n) is 14.4. The highest BCUT2D eigenvalue weighted by Crippen LogP contribution is 2.32. The van der Waals surface area contributed by atoms with Crippen LogP contribution in [0.2, 0.25) is 0 Å². The summed E-state index contributed by atoms with van der Waals surface area (Å²) in [5.41, 5.74) is -0.291. The Balaban J connectivity index is 1.85. The van der Waals surface area contributed by atoms with E-state index in [0.29, 0.717) is 0 Å². The van der Waals surface area contributed by atoms with Gasteiger partial charge in [0.05, 0.1) is 0 Å². The van der Waals surface area contributed by atoms with Crippen molar-refractivity contribution in [3.8, 4) is 0 Å². The Morgan fingerprint density at radius 1 is 1.14 bits per heavy atom. The van der Waals surface area contributed by atoms with Gasteiger partial charge in [-0.05, 0) is 66.5 Å². The average molecular weight is 310 g/mol. The molecule has 2 aliphatic rings. The Bertz CT molecular complexity index is 401. The Morgan fingerprint density at radius 3 is 2.14 bits per heavy atom. The van der Waals surface area contributed by atoms with Crippen molar-refractivity contribution in [2.45, 2.75) is 64.5 Å². The van der Waals surface area contributed by atoms with E-state index in [1.54, 1.807) is 0 Å². The topological polar surface area (TPSA) is 49.9 Å². The molecule has 2 aliphatic heterocycles. The lowest BCUT2D eigenvalue weighted by Crippen LogP contribution is -2.56. The monoisotopic (exact) mass is 310 g/mol. The number of carbonyl (C=O) groups is 2. The van der Waals surface area contributed by atoms with Gasteiger partial charge in [-0.1, -0.05) is 0 Å². The molecule has 2 rings (SSSR count). The lowest BCUT2D eigenvalue weighted by atomic mass is 9.85. The van der Waals surface area contributed by atoms with Gasteiger partial charge < -0.3 is 14.4 Å². The van der Waals surface area contributed by atoms with Crippen LogP contribution in [-0.4, -0.2) is 59.5 Å². The number of hydrogen-bond donors (Lipinski definition) is 0. The average Bonchev–Trinajstić information content (AvgIpc) is 2.46. The van der Waals surface area contributed by atoms with E-state index in [1.807, 2.05) is 25.7 Å². The molecular formula is C17H30N2O3. The maximum absolute atomic E-state index is 12.1. The number of ether oxygens (including phenoxy) is 1. The van der Waals surface area contributed by atoms with Crippen molar-refractivity contribution in [3.63, 3.8) is 0 Å². The Hall–Kier alpha value is -1.10. The summed E-state index contributed by atoms with van der Waals surface area (Å²) in [6.07, 6.45) is 4.78. The second kappa shape index (κ2) is 6.57. The fraction of sp³-hybridized carbons (Fsp3) is 0.882. The van der Waals surface area contributed by atoms with E-state index < -0.39 is 5.60 Å². The van der Waals surface area contributed by atoms with E-state index in [-0.39, 0.29) is 17.6 Å². The molecule has 0 unspecified atom stereocenters. The zero-order valence-corrected chi connectivity index (χ0v) is 14.4. The van der Waals surface area contributed by atoms with Crippen LogP contribution in [0, 0.1) is 5.92 Å². The van der Waals surface area contributed by atoms with Gasteiger partial charge in [0.2, 0.25) is 0 Å². The highest BCUT2D eigenvalue weighted by Gasteiger charge is 2.39. The number of likely N-dealkylation sites (tertiary alicyclic amines) is 2. The fourth-order valence-electron chi connectivity index (χ4n) is 3.39. The standard InChI is InChI=1S/C17H30N2O3/c1-16(2,3)22-15(21)18-11-7-17(4,8-12-18)19-9-5-14(13-20)6-10-19/h13-14H,5-12H2,1-4H3. The summed E-state index contributed by atoms with van der Waals surface area (Å²) in [5.74, 6) is 0.238. The lowest BCUT2D eigenvalue weighted by Gasteiger charge is -2.48. The predicted octanol–water partition coefficient (Wildman–Crippen LogP) is 2.69. The molecule has 0 aromatic carbocycles. The number of rotatable bonds is 2. The molecule has 0 aliphatic carbocycles. The van der Waals surface area contributed by atoms with Crippen molar-refractivity contribution >= 4 is 12.4 Å². The molecule has 2 fully saturated rings. The largest absolute Gasteiger partial charge is 0.444 e. The second-order valence-corrected chi connectivity index (χ2v) is 7.92. The van der Waals surface area contributed by atoms with Crippen molar-refractivity contribution in [1.82, 2.24) is 9.80 Å². The van der Waals surface area contributed by atoms with Gasteiger partial charge in [-0.15, -0.1) is 0 Å². The van der Waals surface area contributed by atoms with Crippen molar-refractivity contribution in [1.29, 1.82) is 0 Å². The van der Waals surface area contributed by atoms with Crippen LogP contribution in [0.25, 0.3) is 0 Å². The molecule has 1 amide bonds. The van der Waals surface area contributed by atoms with E-state index in [1.165, 1.54) is 0 Å². The number of amides is 1. The van der Waals surface area contributed by atoms with Crippen molar-refractivity contribution in [3.05, 3.63) is 0 Å². The summed E-state index contributed by atoms with van der Waals surface area (Å²) in [7, 11) is 0. The molecule has 2 saturated heterocycles. The minimum Gasteiger partial charge on any atom is -0.444 e. The van der Waals surface area contributed by atoms with E-state index in [4.69, 9.17) is 4.74 Å². The molecule has 0 aromatic rings. The van der Waals surface area contributed by atoms with E-state index in [9.17, 15) is 9.59 Å². The molecule has 0 atom stereocenters. The summed E-state index contributed by atoms with van der Waals surface area (Å²) in [6, 6.07) is 0. The van der Waals surface area contributed by atoms with Gasteiger partial charge in [-0.2, -0.15) is 0 Å². The van der Waals surface area contributed by atoms with Crippen LogP contribution in [0.4, 0.5) is 4.79 Å². The molecule has 0 spiro atoms. The molecule has 5 heteroatoms. The summed E-state index contributed by atoms with van der Waals surface area (Å²) in [4.78, 5) is 27.4. The van der Waals surface area contributed by atoms with Crippen LogP contribution in [0.1, 0.15) is 53.4 Å². The third-order valence-corrected chi connectivity index (χ3v) is 4.99. The number of piperidine rings is 2. The molecular weight excluding hydrogens is 280 g/mol. The van der Waals surface area contributed by atoms with Crippen LogP contribution in [0.15, 0.2) is 0 Å². The van der Waals surface area contributed by atoms with E-state index in [2.05, 4.69) is 11.8 Å². The van der Waals surface area contributed by atoms with Crippen molar-refractivity contribution < 1.29 is 14.3 Å². The first-order chi connectivity index (χ1) is 10.2. The molecule has 0 saturated carbocycles. The molecule has 0 radical (unpaired) electrons. The highest BCUT2D eigenvalue weighted by atomic mass is 16.6. The molecule has 0 N–H and O–H groups in total. The Morgan fingerprint density at radius 2 is 1.68 bits per heavy atom. The zero-order chi connectivity index (χ0) is 16.4. The molecule has 0 bridgehead atoms. The first-order valence-corrected chi connectivity index (χ1v) is 8.42. The van der Waals surface area contributed by atoms with Gasteiger partial charge in [-0.3, -0.25) is 4.90 Å². The molecule has 2 heterocycles. The maximum Gasteiger partial charge on any atom is 0.410 e. The minimum absolute atomic E-state index is 0.145. The number of carbonyl (C=O) groups excluding carboxylic acids is 2. The third kappa shape index (κ3) is 4.22. The van der Waals surface area contributed by atoms with Crippen LogP contribution in [-0.2, 0) is 9.53 Å². The Kier molecular flexibility index (Phi) is 5.15. The highest BCUT2D eigenvalue weighted by molar-refractivity contribution is 5.68. The van der Waals surface area contributed by atoms with Gasteiger partial charge in [0.1, 0.15) is 11.9 Å². The first-order valence-electron chi connectivity index (χ1n) is 8.42. The van der Waals surface area contributed by atoms with Crippen LogP contribution >= 0.6 is 0 Å². The first kappa shape index (κ1) is 17.3. The molecule has 5 nitrogen and oxygen atoms in total. The smallest absolute Gasteiger partial charge is 0.410 e. The van der Waals surface area contributed by atoms with Crippen molar-refractivity contribution in [2.75, 3.05) is 26.2 Å². The quantitative estimate of drug-likeness (QED) is 0.736. The van der Waals surface area contributed by atoms with Gasteiger partial charge in [0.25, 0.3) is 0 Å². The predicted molar refractivity (Wildman–Crippen MR) is 85.8 cm³/mol. The SMILES string of the molecule is CC(C)(C)OC(=O)N1CCC(C)(N2CCC(C=O)CC2)CC1. The minimum atomic E-state index is -0.436. The van der Waals surface area contributed by atoms with E-state index in [0.717, 1.165) is 58.1 Å². The van der Waals surface area contributed by atoms with Gasteiger partial charge in [-0.25, -0.2) is 4.79 Å². The third-order valence-electron chi connectivity index (χ3n) is 4.99. The number of hydrogen-bond acceptors (Lipinski definition) is 4. The Labute approximate surface area is 134 Å². The van der Waals surface area contributed by atoms with Crippen LogP contribution in [0.3, 0.4) is 0 Å². The summed E-state index contributed by atoms with van der Waals surface area (Å²) < 4.78 is 5.45. The molecule has 126 valence electrons. The van der Waals surface area contributed by atoms with Gasteiger partial charge in [0.15, 0.2) is 0 Å². The molecule has 0 aromatic heterocycles. The van der Waals surface area contributed by atoms with Crippen LogP contribution < -0.4 is 0 Å².